The van der Waals surface area contributed by atoms with Gasteiger partial charge in [0.1, 0.15) is 12.1 Å². The molecule has 1 aromatic heterocycles. The lowest BCUT2D eigenvalue weighted by Gasteiger charge is -2.30. The average Bonchev–Trinajstić information content (AvgIpc) is 2.18. The second-order valence-electron chi connectivity index (χ2n) is 3.70. The number of anilines is 1. The molecule has 0 aromatic carbocycles. The largest absolute Gasteiger partial charge is 0.355 e. The molecule has 4 heteroatoms. The van der Waals surface area contributed by atoms with Gasteiger partial charge in [-0.2, -0.15) is 0 Å². The normalized spacial score (nSPS) is 22.4. The maximum Gasteiger partial charge on any atom is 0.132 e. The van der Waals surface area contributed by atoms with Crippen LogP contribution in [-0.2, 0) is 0 Å². The molecular weight excluding hydrogens is 198 g/mol. The number of aromatic nitrogens is 2. The van der Waals surface area contributed by atoms with Crippen molar-refractivity contribution in [1.82, 2.24) is 9.97 Å². The number of hydrogen-bond acceptors (Lipinski definition) is 3. The fourth-order valence-corrected chi connectivity index (χ4v) is 2.07. The van der Waals surface area contributed by atoms with E-state index in [2.05, 4.69) is 14.9 Å². The standard InChI is InChI=1S/C10H14ClN3/c1-8-5-10(13-7-12-8)14-4-2-3-9(11)6-14/h5,7,9H,2-4,6H2,1H3. The van der Waals surface area contributed by atoms with Crippen molar-refractivity contribution >= 4 is 17.4 Å². The minimum atomic E-state index is 0.263. The van der Waals surface area contributed by atoms with E-state index in [1.807, 2.05) is 13.0 Å². The maximum absolute atomic E-state index is 6.12. The molecule has 1 aliphatic heterocycles. The molecule has 1 saturated heterocycles. The van der Waals surface area contributed by atoms with Crippen molar-refractivity contribution in [2.45, 2.75) is 25.1 Å². The van der Waals surface area contributed by atoms with E-state index in [4.69, 9.17) is 11.6 Å². The van der Waals surface area contributed by atoms with E-state index in [-0.39, 0.29) is 5.38 Å². The Morgan fingerprint density at radius 2 is 2.36 bits per heavy atom. The molecule has 2 rings (SSSR count). The molecule has 76 valence electrons. The second-order valence-corrected chi connectivity index (χ2v) is 4.32. The molecule has 0 amide bonds. The first-order valence-electron chi connectivity index (χ1n) is 4.93. The molecule has 3 nitrogen and oxygen atoms in total. The second kappa shape index (κ2) is 4.13. The highest BCUT2D eigenvalue weighted by Gasteiger charge is 2.18. The molecule has 14 heavy (non-hydrogen) atoms. The van der Waals surface area contributed by atoms with Crippen LogP contribution in [0.2, 0.25) is 0 Å². The maximum atomic E-state index is 6.12. The fourth-order valence-electron chi connectivity index (χ4n) is 1.75. The van der Waals surface area contributed by atoms with Gasteiger partial charge in [-0.1, -0.05) is 0 Å². The minimum Gasteiger partial charge on any atom is -0.355 e. The van der Waals surface area contributed by atoms with E-state index >= 15 is 0 Å². The molecule has 1 unspecified atom stereocenters. The Balaban J connectivity index is 2.14. The summed E-state index contributed by atoms with van der Waals surface area (Å²) >= 11 is 6.12. The summed E-state index contributed by atoms with van der Waals surface area (Å²) in [6.45, 7) is 3.94. The zero-order valence-corrected chi connectivity index (χ0v) is 9.04. The monoisotopic (exact) mass is 211 g/mol. The number of aryl methyl sites for hydroxylation is 1. The van der Waals surface area contributed by atoms with Gasteiger partial charge in [0.05, 0.1) is 5.38 Å². The van der Waals surface area contributed by atoms with Crippen LogP contribution in [0, 0.1) is 6.92 Å². The Morgan fingerprint density at radius 3 is 3.07 bits per heavy atom. The molecule has 0 saturated carbocycles. The van der Waals surface area contributed by atoms with Gasteiger partial charge in [0.15, 0.2) is 0 Å². The van der Waals surface area contributed by atoms with Crippen LogP contribution >= 0.6 is 11.6 Å². The Bertz CT molecular complexity index is 316. The van der Waals surface area contributed by atoms with Crippen molar-refractivity contribution in [3.63, 3.8) is 0 Å². The Hall–Kier alpha value is -0.830. The molecule has 1 aliphatic rings. The van der Waals surface area contributed by atoms with Crippen LogP contribution in [0.3, 0.4) is 0 Å². The highest BCUT2D eigenvalue weighted by molar-refractivity contribution is 6.21. The third kappa shape index (κ3) is 2.15. The van der Waals surface area contributed by atoms with Gasteiger partial charge in [-0.15, -0.1) is 11.6 Å². The van der Waals surface area contributed by atoms with Crippen molar-refractivity contribution in [3.8, 4) is 0 Å². The van der Waals surface area contributed by atoms with Crippen LogP contribution in [0.15, 0.2) is 12.4 Å². The molecule has 1 aromatic rings. The summed E-state index contributed by atoms with van der Waals surface area (Å²) in [5, 5.41) is 0.263. The molecule has 0 aliphatic carbocycles. The zero-order chi connectivity index (χ0) is 9.97. The van der Waals surface area contributed by atoms with Gasteiger partial charge in [0, 0.05) is 24.8 Å². The first-order chi connectivity index (χ1) is 6.75. The molecule has 0 bridgehead atoms. The minimum absolute atomic E-state index is 0.263. The van der Waals surface area contributed by atoms with E-state index in [1.165, 1.54) is 0 Å². The van der Waals surface area contributed by atoms with Crippen LogP contribution in [0.1, 0.15) is 18.5 Å². The molecular formula is C10H14ClN3. The highest BCUT2D eigenvalue weighted by atomic mass is 35.5. The van der Waals surface area contributed by atoms with E-state index in [0.29, 0.717) is 0 Å². The van der Waals surface area contributed by atoms with Crippen molar-refractivity contribution in [3.05, 3.63) is 18.1 Å². The van der Waals surface area contributed by atoms with E-state index in [9.17, 15) is 0 Å². The predicted molar refractivity (Wildman–Crippen MR) is 57.9 cm³/mol. The Morgan fingerprint density at radius 1 is 1.50 bits per heavy atom. The Labute approximate surface area is 89.1 Å². The van der Waals surface area contributed by atoms with E-state index in [0.717, 1.165) is 37.4 Å². The molecule has 1 atom stereocenters. The quantitative estimate of drug-likeness (QED) is 0.666. The lowest BCUT2D eigenvalue weighted by atomic mass is 10.1. The van der Waals surface area contributed by atoms with Gasteiger partial charge in [0.2, 0.25) is 0 Å². The number of halogens is 1. The molecule has 0 spiro atoms. The van der Waals surface area contributed by atoms with Gasteiger partial charge in [-0.25, -0.2) is 9.97 Å². The lowest BCUT2D eigenvalue weighted by molar-refractivity contribution is 0.579. The third-order valence-corrected chi connectivity index (χ3v) is 2.83. The zero-order valence-electron chi connectivity index (χ0n) is 8.28. The van der Waals surface area contributed by atoms with Crippen LogP contribution in [0.5, 0.6) is 0 Å². The first kappa shape index (κ1) is 9.71. The van der Waals surface area contributed by atoms with Crippen LogP contribution in [-0.4, -0.2) is 28.4 Å². The number of piperidine rings is 1. The number of alkyl halides is 1. The topological polar surface area (TPSA) is 29.0 Å². The molecule has 1 fully saturated rings. The summed E-state index contributed by atoms with van der Waals surface area (Å²) in [6.07, 6.45) is 3.88. The molecule has 0 radical (unpaired) electrons. The summed E-state index contributed by atoms with van der Waals surface area (Å²) in [5.41, 5.74) is 1.01. The Kier molecular flexibility index (Phi) is 2.87. The average molecular weight is 212 g/mol. The van der Waals surface area contributed by atoms with Gasteiger partial charge in [-0.3, -0.25) is 0 Å². The predicted octanol–water partition coefficient (Wildman–Crippen LogP) is 1.99. The van der Waals surface area contributed by atoms with Crippen LogP contribution in [0.4, 0.5) is 5.82 Å². The van der Waals surface area contributed by atoms with Crippen molar-refractivity contribution in [2.24, 2.45) is 0 Å². The summed E-state index contributed by atoms with van der Waals surface area (Å²) in [5.74, 6) is 1.00. The fraction of sp³-hybridized carbons (Fsp3) is 0.600. The van der Waals surface area contributed by atoms with E-state index in [1.54, 1.807) is 6.33 Å². The third-order valence-electron chi connectivity index (χ3n) is 2.48. The number of rotatable bonds is 1. The number of nitrogens with zero attached hydrogens (tertiary/aromatic N) is 3. The SMILES string of the molecule is Cc1cc(N2CCCC(Cl)C2)ncn1. The van der Waals surface area contributed by atoms with Crippen molar-refractivity contribution in [1.29, 1.82) is 0 Å². The highest BCUT2D eigenvalue weighted by Crippen LogP contribution is 2.20. The van der Waals surface area contributed by atoms with Gasteiger partial charge in [-0.05, 0) is 19.8 Å². The van der Waals surface area contributed by atoms with Crippen molar-refractivity contribution < 1.29 is 0 Å². The van der Waals surface area contributed by atoms with E-state index < -0.39 is 0 Å². The van der Waals surface area contributed by atoms with Crippen LogP contribution in [0.25, 0.3) is 0 Å². The molecule has 0 N–H and O–H groups in total. The smallest absolute Gasteiger partial charge is 0.132 e. The summed E-state index contributed by atoms with van der Waals surface area (Å²) in [6, 6.07) is 2.01. The number of hydrogen-bond donors (Lipinski definition) is 0. The van der Waals surface area contributed by atoms with Gasteiger partial charge < -0.3 is 4.90 Å². The van der Waals surface area contributed by atoms with Crippen LogP contribution < -0.4 is 4.90 Å². The summed E-state index contributed by atoms with van der Waals surface area (Å²) in [7, 11) is 0. The summed E-state index contributed by atoms with van der Waals surface area (Å²) < 4.78 is 0. The van der Waals surface area contributed by atoms with Crippen molar-refractivity contribution in [2.75, 3.05) is 18.0 Å². The van der Waals surface area contributed by atoms with Gasteiger partial charge in [0.25, 0.3) is 0 Å². The summed E-state index contributed by atoms with van der Waals surface area (Å²) in [4.78, 5) is 10.6. The lowest BCUT2D eigenvalue weighted by Crippen LogP contribution is -2.36. The molecule has 2 heterocycles. The first-order valence-corrected chi connectivity index (χ1v) is 5.37. The van der Waals surface area contributed by atoms with Gasteiger partial charge >= 0.3 is 0 Å².